The van der Waals surface area contributed by atoms with E-state index in [0.717, 1.165) is 19.4 Å². The van der Waals surface area contributed by atoms with E-state index < -0.39 is 0 Å². The van der Waals surface area contributed by atoms with E-state index in [1.807, 2.05) is 7.05 Å². The van der Waals surface area contributed by atoms with Crippen LogP contribution >= 0.6 is 0 Å². The summed E-state index contributed by atoms with van der Waals surface area (Å²) >= 11 is 0. The predicted molar refractivity (Wildman–Crippen MR) is 43.5 cm³/mol. The summed E-state index contributed by atoms with van der Waals surface area (Å²) in [6.07, 6.45) is 3.06. The van der Waals surface area contributed by atoms with Gasteiger partial charge in [-0.05, 0) is 26.3 Å². The van der Waals surface area contributed by atoms with E-state index in [-0.39, 0.29) is 12.2 Å². The van der Waals surface area contributed by atoms with E-state index in [9.17, 15) is 5.11 Å². The van der Waals surface area contributed by atoms with Crippen LogP contribution in [0.1, 0.15) is 19.3 Å². The second-order valence-electron chi connectivity index (χ2n) is 3.03. The molecule has 2 unspecified atom stereocenters. The molecule has 0 aromatic carbocycles. The number of rotatable bonds is 3. The molecule has 0 aliphatic carbocycles. The van der Waals surface area contributed by atoms with Crippen molar-refractivity contribution < 1.29 is 9.84 Å². The molecule has 66 valence electrons. The van der Waals surface area contributed by atoms with Crippen molar-refractivity contribution in [3.8, 4) is 0 Å². The molecule has 11 heavy (non-hydrogen) atoms. The summed E-state index contributed by atoms with van der Waals surface area (Å²) in [6.45, 7) is 1.44. The zero-order valence-corrected chi connectivity index (χ0v) is 7.05. The first kappa shape index (κ1) is 8.97. The first-order chi connectivity index (χ1) is 5.34. The van der Waals surface area contributed by atoms with Crippen LogP contribution in [0.15, 0.2) is 0 Å². The van der Waals surface area contributed by atoms with Crippen LogP contribution in [-0.2, 0) is 4.74 Å². The molecule has 1 rings (SSSR count). The van der Waals surface area contributed by atoms with E-state index in [2.05, 4.69) is 5.32 Å². The van der Waals surface area contributed by atoms with Crippen LogP contribution in [0.4, 0.5) is 0 Å². The lowest BCUT2D eigenvalue weighted by molar-refractivity contribution is -0.0599. The number of hydrogen-bond donors (Lipinski definition) is 2. The van der Waals surface area contributed by atoms with Gasteiger partial charge in [-0.15, -0.1) is 0 Å². The lowest BCUT2D eigenvalue weighted by Crippen LogP contribution is -2.38. The Morgan fingerprint density at radius 2 is 2.45 bits per heavy atom. The Kier molecular flexibility index (Phi) is 3.83. The zero-order valence-electron chi connectivity index (χ0n) is 7.05. The number of aliphatic hydroxyl groups is 1. The van der Waals surface area contributed by atoms with Crippen molar-refractivity contribution in [1.29, 1.82) is 0 Å². The number of hydrogen-bond acceptors (Lipinski definition) is 3. The Hall–Kier alpha value is -0.120. The maximum absolute atomic E-state index is 9.49. The molecule has 1 saturated heterocycles. The molecule has 0 spiro atoms. The van der Waals surface area contributed by atoms with Crippen LogP contribution in [0, 0.1) is 0 Å². The molecular weight excluding hydrogens is 142 g/mol. The van der Waals surface area contributed by atoms with E-state index in [1.54, 1.807) is 0 Å². The monoisotopic (exact) mass is 159 g/mol. The zero-order chi connectivity index (χ0) is 8.10. The Labute approximate surface area is 67.7 Å². The van der Waals surface area contributed by atoms with Crippen LogP contribution in [0.25, 0.3) is 0 Å². The summed E-state index contributed by atoms with van der Waals surface area (Å²) in [7, 11) is 1.84. The summed E-state index contributed by atoms with van der Waals surface area (Å²) < 4.78 is 5.40. The second kappa shape index (κ2) is 4.70. The van der Waals surface area contributed by atoms with Gasteiger partial charge in [0, 0.05) is 13.2 Å². The van der Waals surface area contributed by atoms with Crippen molar-refractivity contribution in [3.63, 3.8) is 0 Å². The van der Waals surface area contributed by atoms with E-state index in [1.165, 1.54) is 6.42 Å². The fraction of sp³-hybridized carbons (Fsp3) is 1.00. The van der Waals surface area contributed by atoms with Gasteiger partial charge in [0.25, 0.3) is 0 Å². The van der Waals surface area contributed by atoms with E-state index in [0.29, 0.717) is 6.54 Å². The van der Waals surface area contributed by atoms with Gasteiger partial charge >= 0.3 is 0 Å². The molecule has 0 aromatic heterocycles. The molecule has 0 bridgehead atoms. The van der Waals surface area contributed by atoms with Crippen LogP contribution in [0.2, 0.25) is 0 Å². The number of likely N-dealkylation sites (N-methyl/N-ethyl adjacent to an activating group) is 1. The molecule has 3 heteroatoms. The van der Waals surface area contributed by atoms with Gasteiger partial charge in [0.1, 0.15) is 0 Å². The van der Waals surface area contributed by atoms with Crippen molar-refractivity contribution in [2.24, 2.45) is 0 Å². The summed E-state index contributed by atoms with van der Waals surface area (Å²) in [5, 5.41) is 12.4. The third kappa shape index (κ3) is 2.77. The molecule has 1 heterocycles. The minimum Gasteiger partial charge on any atom is -0.389 e. The number of ether oxygens (including phenoxy) is 1. The summed E-state index contributed by atoms with van der Waals surface area (Å²) in [5.41, 5.74) is 0. The van der Waals surface area contributed by atoms with Crippen molar-refractivity contribution >= 4 is 0 Å². The molecule has 1 aliphatic rings. The highest BCUT2D eigenvalue weighted by Crippen LogP contribution is 2.15. The number of nitrogens with one attached hydrogen (secondary N) is 1. The van der Waals surface area contributed by atoms with Gasteiger partial charge in [0.05, 0.1) is 12.2 Å². The van der Waals surface area contributed by atoms with Crippen molar-refractivity contribution in [3.05, 3.63) is 0 Å². The molecule has 1 fully saturated rings. The molecular formula is C8H17NO2. The molecule has 0 radical (unpaired) electrons. The minimum atomic E-state index is -0.333. The Balaban J connectivity index is 2.21. The normalized spacial score (nSPS) is 28.4. The molecule has 0 aromatic rings. The maximum Gasteiger partial charge on any atom is 0.0925 e. The van der Waals surface area contributed by atoms with Gasteiger partial charge in [-0.1, -0.05) is 0 Å². The average Bonchev–Trinajstić information content (AvgIpc) is 2.07. The molecule has 3 nitrogen and oxygen atoms in total. The lowest BCUT2D eigenvalue weighted by atomic mass is 10.0. The summed E-state index contributed by atoms with van der Waals surface area (Å²) in [5.74, 6) is 0. The van der Waals surface area contributed by atoms with Crippen molar-refractivity contribution in [2.75, 3.05) is 20.2 Å². The van der Waals surface area contributed by atoms with Crippen molar-refractivity contribution in [1.82, 2.24) is 5.32 Å². The third-order valence-corrected chi connectivity index (χ3v) is 2.06. The van der Waals surface area contributed by atoms with Gasteiger partial charge in [-0.2, -0.15) is 0 Å². The van der Waals surface area contributed by atoms with E-state index >= 15 is 0 Å². The molecule has 0 saturated carbocycles. The van der Waals surface area contributed by atoms with Gasteiger partial charge < -0.3 is 15.2 Å². The maximum atomic E-state index is 9.49. The van der Waals surface area contributed by atoms with Crippen LogP contribution < -0.4 is 5.32 Å². The summed E-state index contributed by atoms with van der Waals surface area (Å²) in [4.78, 5) is 0. The Bertz CT molecular complexity index is 102. The number of aliphatic hydroxyl groups excluding tert-OH is 1. The van der Waals surface area contributed by atoms with Gasteiger partial charge in [-0.3, -0.25) is 0 Å². The van der Waals surface area contributed by atoms with Crippen LogP contribution in [-0.4, -0.2) is 37.5 Å². The third-order valence-electron chi connectivity index (χ3n) is 2.06. The topological polar surface area (TPSA) is 41.5 Å². The van der Waals surface area contributed by atoms with Crippen LogP contribution in [0.5, 0.6) is 0 Å². The Morgan fingerprint density at radius 3 is 3.00 bits per heavy atom. The molecule has 0 amide bonds. The molecule has 2 atom stereocenters. The standard InChI is InChI=1S/C8H17NO2/c1-9-6-7(10)8-4-2-3-5-11-8/h7-10H,2-6H2,1H3. The lowest BCUT2D eigenvalue weighted by Gasteiger charge is -2.26. The smallest absolute Gasteiger partial charge is 0.0925 e. The molecule has 2 N–H and O–H groups in total. The van der Waals surface area contributed by atoms with Crippen LogP contribution in [0.3, 0.4) is 0 Å². The predicted octanol–water partition coefficient (Wildman–Crippen LogP) is 0.136. The van der Waals surface area contributed by atoms with Gasteiger partial charge in [0.15, 0.2) is 0 Å². The fourth-order valence-electron chi connectivity index (χ4n) is 1.41. The average molecular weight is 159 g/mol. The fourth-order valence-corrected chi connectivity index (χ4v) is 1.41. The first-order valence-corrected chi connectivity index (χ1v) is 4.29. The Morgan fingerprint density at radius 1 is 1.64 bits per heavy atom. The molecule has 1 aliphatic heterocycles. The summed E-state index contributed by atoms with van der Waals surface area (Å²) in [6, 6.07) is 0. The SMILES string of the molecule is CNCC(O)C1CCCCO1. The second-order valence-corrected chi connectivity index (χ2v) is 3.03. The van der Waals surface area contributed by atoms with Crippen molar-refractivity contribution in [2.45, 2.75) is 31.5 Å². The van der Waals surface area contributed by atoms with Gasteiger partial charge in [-0.25, -0.2) is 0 Å². The van der Waals surface area contributed by atoms with E-state index in [4.69, 9.17) is 4.74 Å². The minimum absolute atomic E-state index is 0.0659. The highest BCUT2D eigenvalue weighted by atomic mass is 16.5. The quantitative estimate of drug-likeness (QED) is 0.615. The first-order valence-electron chi connectivity index (χ1n) is 4.29. The largest absolute Gasteiger partial charge is 0.389 e. The highest BCUT2D eigenvalue weighted by molar-refractivity contribution is 4.73. The van der Waals surface area contributed by atoms with Gasteiger partial charge in [0.2, 0.25) is 0 Å². The highest BCUT2D eigenvalue weighted by Gasteiger charge is 2.21.